The summed E-state index contributed by atoms with van der Waals surface area (Å²) in [5, 5.41) is 10.6. The molecule has 0 unspecified atom stereocenters. The van der Waals surface area contributed by atoms with Crippen LogP contribution in [0, 0.1) is 0 Å². The number of aryl methyl sites for hydroxylation is 1. The molecule has 0 aromatic heterocycles. The van der Waals surface area contributed by atoms with E-state index in [0.29, 0.717) is 5.75 Å². The topological polar surface area (TPSA) is 20.2 Å². The Kier molecular flexibility index (Phi) is 3.86. The molecule has 120 valence electrons. The Hall–Kier alpha value is -2.54. The van der Waals surface area contributed by atoms with Gasteiger partial charge in [-0.2, -0.15) is 0 Å². The number of phenolic OH excluding ortho intramolecular Hbond substituents is 1. The number of phenols is 1. The van der Waals surface area contributed by atoms with E-state index in [-0.39, 0.29) is 0 Å². The maximum atomic E-state index is 10.6. The van der Waals surface area contributed by atoms with E-state index >= 15 is 0 Å². The molecule has 0 bridgehead atoms. The van der Waals surface area contributed by atoms with E-state index in [2.05, 4.69) is 55.5 Å². The number of unbranched alkanes of at least 4 members (excludes halogenated alkanes) is 1. The molecule has 0 aliphatic heterocycles. The van der Waals surface area contributed by atoms with Crippen LogP contribution in [0.25, 0.3) is 22.3 Å². The van der Waals surface area contributed by atoms with Gasteiger partial charge in [-0.1, -0.05) is 67.9 Å². The first-order chi connectivity index (χ1) is 11.8. The first-order valence-electron chi connectivity index (χ1n) is 8.81. The molecule has 1 N–H and O–H groups in total. The van der Waals surface area contributed by atoms with Crippen molar-refractivity contribution in [3.63, 3.8) is 0 Å². The summed E-state index contributed by atoms with van der Waals surface area (Å²) in [5.74, 6) is 0.396. The number of aromatic hydroxyl groups is 1. The Labute approximate surface area is 143 Å². The zero-order chi connectivity index (χ0) is 16.5. The van der Waals surface area contributed by atoms with E-state index in [1.807, 2.05) is 12.1 Å². The van der Waals surface area contributed by atoms with Crippen molar-refractivity contribution < 1.29 is 5.11 Å². The SMILES string of the molecule is CCCCc1cccc(O)c1-c1cccc2c1Cc1ccccc1-2. The predicted molar refractivity (Wildman–Crippen MR) is 100 cm³/mol. The van der Waals surface area contributed by atoms with Crippen LogP contribution in [-0.4, -0.2) is 5.11 Å². The van der Waals surface area contributed by atoms with Gasteiger partial charge in [0.2, 0.25) is 0 Å². The molecule has 1 nitrogen and oxygen atoms in total. The number of hydrogen-bond donors (Lipinski definition) is 1. The summed E-state index contributed by atoms with van der Waals surface area (Å²) in [5.41, 5.74) is 8.83. The Morgan fingerprint density at radius 3 is 2.46 bits per heavy atom. The molecule has 0 saturated carbocycles. The maximum absolute atomic E-state index is 10.6. The number of hydrogen-bond acceptors (Lipinski definition) is 1. The van der Waals surface area contributed by atoms with Crippen molar-refractivity contribution in [1.82, 2.24) is 0 Å². The Bertz CT molecular complexity index is 892. The van der Waals surface area contributed by atoms with E-state index in [9.17, 15) is 5.11 Å². The van der Waals surface area contributed by atoms with Crippen molar-refractivity contribution in [3.05, 3.63) is 77.4 Å². The predicted octanol–water partition coefficient (Wildman–Crippen LogP) is 5.97. The maximum Gasteiger partial charge on any atom is 0.123 e. The van der Waals surface area contributed by atoms with Crippen molar-refractivity contribution in [3.8, 4) is 28.0 Å². The molecule has 3 aromatic rings. The third-order valence-corrected chi connectivity index (χ3v) is 5.05. The molecule has 0 spiro atoms. The van der Waals surface area contributed by atoms with Crippen LogP contribution in [0.4, 0.5) is 0 Å². The first-order valence-corrected chi connectivity index (χ1v) is 8.81. The summed E-state index contributed by atoms with van der Waals surface area (Å²) >= 11 is 0. The highest BCUT2D eigenvalue weighted by atomic mass is 16.3. The molecular weight excluding hydrogens is 292 g/mol. The molecule has 0 fully saturated rings. The van der Waals surface area contributed by atoms with Crippen molar-refractivity contribution in [2.24, 2.45) is 0 Å². The van der Waals surface area contributed by atoms with Gasteiger partial charge in [0.1, 0.15) is 5.75 Å². The van der Waals surface area contributed by atoms with Gasteiger partial charge < -0.3 is 5.11 Å². The average Bonchev–Trinajstić information content (AvgIpc) is 2.99. The minimum Gasteiger partial charge on any atom is -0.507 e. The second-order valence-electron chi connectivity index (χ2n) is 6.58. The standard InChI is InChI=1S/C23H22O/c1-2-3-8-16-10-6-14-22(24)23(16)20-13-7-12-19-18-11-5-4-9-17(18)15-21(19)20/h4-7,9-14,24H,2-3,8,15H2,1H3. The largest absolute Gasteiger partial charge is 0.507 e. The molecule has 0 atom stereocenters. The fraction of sp³-hybridized carbons (Fsp3) is 0.217. The van der Waals surface area contributed by atoms with E-state index in [0.717, 1.165) is 31.2 Å². The van der Waals surface area contributed by atoms with Gasteiger partial charge in [0.25, 0.3) is 0 Å². The van der Waals surface area contributed by atoms with E-state index < -0.39 is 0 Å². The molecule has 1 aliphatic carbocycles. The second-order valence-corrected chi connectivity index (χ2v) is 6.58. The summed E-state index contributed by atoms with van der Waals surface area (Å²) in [6.45, 7) is 2.21. The molecule has 0 saturated heterocycles. The third kappa shape index (κ3) is 2.41. The fourth-order valence-corrected chi connectivity index (χ4v) is 3.86. The van der Waals surface area contributed by atoms with Crippen LogP contribution in [0.1, 0.15) is 36.5 Å². The quantitative estimate of drug-likeness (QED) is 0.492. The van der Waals surface area contributed by atoms with Gasteiger partial charge in [-0.3, -0.25) is 0 Å². The van der Waals surface area contributed by atoms with Crippen LogP contribution in [0.5, 0.6) is 5.75 Å². The van der Waals surface area contributed by atoms with Gasteiger partial charge >= 0.3 is 0 Å². The van der Waals surface area contributed by atoms with Crippen LogP contribution in [-0.2, 0) is 12.8 Å². The molecule has 1 heteroatoms. The first kappa shape index (κ1) is 15.0. The Morgan fingerprint density at radius 2 is 1.58 bits per heavy atom. The van der Waals surface area contributed by atoms with Crippen LogP contribution >= 0.6 is 0 Å². The van der Waals surface area contributed by atoms with Gasteiger partial charge in [-0.15, -0.1) is 0 Å². The molecule has 0 heterocycles. The van der Waals surface area contributed by atoms with Crippen LogP contribution < -0.4 is 0 Å². The van der Waals surface area contributed by atoms with Gasteiger partial charge in [-0.05, 0) is 58.7 Å². The van der Waals surface area contributed by atoms with E-state index in [1.54, 1.807) is 0 Å². The molecular formula is C23H22O. The van der Waals surface area contributed by atoms with Crippen LogP contribution in [0.15, 0.2) is 60.7 Å². The number of rotatable bonds is 4. The zero-order valence-corrected chi connectivity index (χ0v) is 14.0. The normalized spacial score (nSPS) is 12.0. The highest BCUT2D eigenvalue weighted by Gasteiger charge is 2.23. The molecule has 4 rings (SSSR count). The van der Waals surface area contributed by atoms with Crippen molar-refractivity contribution in [2.75, 3.05) is 0 Å². The van der Waals surface area contributed by atoms with Gasteiger partial charge in [0.05, 0.1) is 0 Å². The Balaban J connectivity index is 1.89. The van der Waals surface area contributed by atoms with Gasteiger partial charge in [-0.25, -0.2) is 0 Å². The molecule has 1 aliphatic rings. The number of benzene rings is 3. The fourth-order valence-electron chi connectivity index (χ4n) is 3.86. The molecule has 0 amide bonds. The third-order valence-electron chi connectivity index (χ3n) is 5.05. The van der Waals surface area contributed by atoms with E-state index in [1.165, 1.54) is 33.4 Å². The van der Waals surface area contributed by atoms with E-state index in [4.69, 9.17) is 0 Å². The zero-order valence-electron chi connectivity index (χ0n) is 14.0. The lowest BCUT2D eigenvalue weighted by Crippen LogP contribution is -1.95. The average molecular weight is 314 g/mol. The molecule has 3 aromatic carbocycles. The van der Waals surface area contributed by atoms with Gasteiger partial charge in [0.15, 0.2) is 0 Å². The summed E-state index contributed by atoms with van der Waals surface area (Å²) in [4.78, 5) is 0. The lowest BCUT2D eigenvalue weighted by molar-refractivity contribution is 0.476. The van der Waals surface area contributed by atoms with Crippen molar-refractivity contribution in [2.45, 2.75) is 32.6 Å². The van der Waals surface area contributed by atoms with Crippen LogP contribution in [0.3, 0.4) is 0 Å². The summed E-state index contributed by atoms with van der Waals surface area (Å²) < 4.78 is 0. The summed E-state index contributed by atoms with van der Waals surface area (Å²) in [7, 11) is 0. The minimum absolute atomic E-state index is 0.396. The summed E-state index contributed by atoms with van der Waals surface area (Å²) in [6, 6.07) is 21.0. The van der Waals surface area contributed by atoms with Crippen LogP contribution in [0.2, 0.25) is 0 Å². The number of fused-ring (bicyclic) bond motifs is 3. The Morgan fingerprint density at radius 1 is 0.833 bits per heavy atom. The second kappa shape index (κ2) is 6.16. The highest BCUT2D eigenvalue weighted by Crippen LogP contribution is 2.44. The molecule has 24 heavy (non-hydrogen) atoms. The minimum atomic E-state index is 0.396. The highest BCUT2D eigenvalue weighted by molar-refractivity contribution is 5.87. The molecule has 0 radical (unpaired) electrons. The van der Waals surface area contributed by atoms with Crippen molar-refractivity contribution >= 4 is 0 Å². The monoisotopic (exact) mass is 314 g/mol. The lowest BCUT2D eigenvalue weighted by atomic mass is 9.90. The van der Waals surface area contributed by atoms with Gasteiger partial charge in [0, 0.05) is 5.56 Å². The smallest absolute Gasteiger partial charge is 0.123 e. The summed E-state index contributed by atoms with van der Waals surface area (Å²) in [6.07, 6.45) is 4.26. The lowest BCUT2D eigenvalue weighted by Gasteiger charge is -2.15. The van der Waals surface area contributed by atoms with Crippen molar-refractivity contribution in [1.29, 1.82) is 0 Å².